The van der Waals surface area contributed by atoms with Gasteiger partial charge in [0, 0.05) is 50.8 Å². The number of hydrogen-bond donors (Lipinski definition) is 1. The highest BCUT2D eigenvalue weighted by molar-refractivity contribution is 7.11. The van der Waals surface area contributed by atoms with Crippen LogP contribution in [0.4, 0.5) is 0 Å². The molecule has 1 aromatic rings. The predicted molar refractivity (Wildman–Crippen MR) is 98.6 cm³/mol. The number of thiazole rings is 1. The van der Waals surface area contributed by atoms with Crippen molar-refractivity contribution in [2.24, 2.45) is 10.9 Å². The van der Waals surface area contributed by atoms with E-state index < -0.39 is 0 Å². The molecular formula is C17H29N5OS. The molecule has 0 aliphatic carbocycles. The molecular weight excluding hydrogens is 322 g/mol. The second-order valence-corrected chi connectivity index (χ2v) is 7.69. The van der Waals surface area contributed by atoms with E-state index in [0.717, 1.165) is 69.2 Å². The minimum atomic E-state index is 0.730. The lowest BCUT2D eigenvalue weighted by atomic mass is 10.1. The van der Waals surface area contributed by atoms with Crippen LogP contribution in [0.2, 0.25) is 0 Å². The molecule has 0 spiro atoms. The zero-order valence-corrected chi connectivity index (χ0v) is 15.6. The number of nitrogens with one attached hydrogen (secondary N) is 1. The van der Waals surface area contributed by atoms with Crippen molar-refractivity contribution >= 4 is 17.3 Å². The summed E-state index contributed by atoms with van der Waals surface area (Å²) < 4.78 is 5.44. The van der Waals surface area contributed by atoms with Gasteiger partial charge in [-0.3, -0.25) is 9.89 Å². The van der Waals surface area contributed by atoms with Crippen LogP contribution in [0.15, 0.2) is 11.2 Å². The lowest BCUT2D eigenvalue weighted by Gasteiger charge is -2.29. The van der Waals surface area contributed by atoms with Crippen LogP contribution >= 0.6 is 11.3 Å². The van der Waals surface area contributed by atoms with Gasteiger partial charge < -0.3 is 15.0 Å². The fraction of sp³-hybridized carbons (Fsp3) is 0.765. The Morgan fingerprint density at radius 1 is 1.42 bits per heavy atom. The number of hydrogen-bond acceptors (Lipinski definition) is 5. The summed E-state index contributed by atoms with van der Waals surface area (Å²) in [5, 5.41) is 4.62. The Kier molecular flexibility index (Phi) is 6.45. The van der Waals surface area contributed by atoms with Crippen LogP contribution in [0.1, 0.15) is 23.2 Å². The lowest BCUT2D eigenvalue weighted by Crippen LogP contribution is -2.42. The molecule has 2 saturated heterocycles. The zero-order valence-electron chi connectivity index (χ0n) is 14.8. The summed E-state index contributed by atoms with van der Waals surface area (Å²) in [6, 6.07) is 0. The van der Waals surface area contributed by atoms with Gasteiger partial charge in [-0.1, -0.05) is 6.92 Å². The summed E-state index contributed by atoms with van der Waals surface area (Å²) in [4.78, 5) is 15.2. The molecule has 0 bridgehead atoms. The summed E-state index contributed by atoms with van der Waals surface area (Å²) >= 11 is 1.79. The summed E-state index contributed by atoms with van der Waals surface area (Å²) in [7, 11) is 1.87. The van der Waals surface area contributed by atoms with Crippen molar-refractivity contribution in [1.82, 2.24) is 20.1 Å². The van der Waals surface area contributed by atoms with Crippen molar-refractivity contribution in [3.8, 4) is 0 Å². The topological polar surface area (TPSA) is 53.0 Å². The molecule has 1 atom stereocenters. The Bertz CT molecular complexity index is 541. The maximum absolute atomic E-state index is 5.44. The number of nitrogens with zero attached hydrogens (tertiary/aromatic N) is 4. The average molecular weight is 352 g/mol. The predicted octanol–water partition coefficient (Wildman–Crippen LogP) is 1.43. The van der Waals surface area contributed by atoms with E-state index in [4.69, 9.17) is 4.74 Å². The van der Waals surface area contributed by atoms with Gasteiger partial charge in [-0.2, -0.15) is 0 Å². The van der Waals surface area contributed by atoms with Gasteiger partial charge in [0.05, 0.1) is 19.8 Å². The largest absolute Gasteiger partial charge is 0.379 e. The fourth-order valence-electron chi connectivity index (χ4n) is 3.40. The van der Waals surface area contributed by atoms with Crippen LogP contribution in [0.25, 0.3) is 0 Å². The second kappa shape index (κ2) is 8.78. The lowest BCUT2D eigenvalue weighted by molar-refractivity contribution is 0.0315. The van der Waals surface area contributed by atoms with Gasteiger partial charge in [0.1, 0.15) is 5.01 Å². The van der Waals surface area contributed by atoms with Crippen LogP contribution in [0.3, 0.4) is 0 Å². The van der Waals surface area contributed by atoms with Crippen LogP contribution in [0, 0.1) is 5.92 Å². The normalized spacial score (nSPS) is 23.0. The number of aliphatic imine (C=N–C) groups is 1. The first-order valence-electron chi connectivity index (χ1n) is 8.97. The third-order valence-electron chi connectivity index (χ3n) is 4.76. The smallest absolute Gasteiger partial charge is 0.194 e. The number of morpholine rings is 1. The third-order valence-corrected chi connectivity index (χ3v) is 5.91. The quantitative estimate of drug-likeness (QED) is 0.643. The van der Waals surface area contributed by atoms with Gasteiger partial charge >= 0.3 is 0 Å². The molecule has 1 N–H and O–H groups in total. The molecule has 1 aromatic heterocycles. The second-order valence-electron chi connectivity index (χ2n) is 6.49. The molecule has 0 amide bonds. The Hall–Kier alpha value is -1.18. The van der Waals surface area contributed by atoms with Crippen molar-refractivity contribution in [1.29, 1.82) is 0 Å². The first-order chi connectivity index (χ1) is 11.8. The molecule has 24 heavy (non-hydrogen) atoms. The Morgan fingerprint density at radius 2 is 2.25 bits per heavy atom. The fourth-order valence-corrected chi connectivity index (χ4v) is 4.21. The zero-order chi connectivity index (χ0) is 16.8. The molecule has 3 heterocycles. The highest BCUT2D eigenvalue weighted by Gasteiger charge is 2.27. The Labute approximate surface area is 148 Å². The minimum absolute atomic E-state index is 0.730. The SMILES string of the molecule is CCc1cnc(CNC(=NC)N2CCC(CN3CCOCC3)C2)s1. The number of aryl methyl sites for hydroxylation is 1. The molecule has 0 radical (unpaired) electrons. The van der Waals surface area contributed by atoms with Crippen molar-refractivity contribution in [3.05, 3.63) is 16.1 Å². The third kappa shape index (κ3) is 4.68. The van der Waals surface area contributed by atoms with Crippen molar-refractivity contribution in [2.45, 2.75) is 26.3 Å². The van der Waals surface area contributed by atoms with Gasteiger partial charge in [-0.25, -0.2) is 4.98 Å². The summed E-state index contributed by atoms with van der Waals surface area (Å²) in [6.07, 6.45) is 4.29. The van der Waals surface area contributed by atoms with E-state index in [1.807, 2.05) is 13.2 Å². The van der Waals surface area contributed by atoms with E-state index in [2.05, 4.69) is 32.0 Å². The molecule has 3 rings (SSSR count). The van der Waals surface area contributed by atoms with E-state index in [0.29, 0.717) is 0 Å². The minimum Gasteiger partial charge on any atom is -0.379 e. The van der Waals surface area contributed by atoms with Crippen molar-refractivity contribution in [3.63, 3.8) is 0 Å². The first-order valence-corrected chi connectivity index (χ1v) is 9.79. The first kappa shape index (κ1) is 17.6. The van der Waals surface area contributed by atoms with Crippen LogP contribution in [0.5, 0.6) is 0 Å². The van der Waals surface area contributed by atoms with Crippen molar-refractivity contribution < 1.29 is 4.74 Å². The molecule has 2 aliphatic rings. The van der Waals surface area contributed by atoms with Crippen LogP contribution in [-0.2, 0) is 17.7 Å². The number of likely N-dealkylation sites (tertiary alicyclic amines) is 1. The van der Waals surface area contributed by atoms with E-state index in [-0.39, 0.29) is 0 Å². The number of aromatic nitrogens is 1. The molecule has 7 heteroatoms. The number of rotatable bonds is 5. The molecule has 0 aromatic carbocycles. The van der Waals surface area contributed by atoms with Gasteiger partial charge in [0.2, 0.25) is 0 Å². The Balaban J connectivity index is 1.45. The van der Waals surface area contributed by atoms with E-state index >= 15 is 0 Å². The van der Waals surface area contributed by atoms with Crippen LogP contribution in [-0.4, -0.2) is 73.7 Å². The van der Waals surface area contributed by atoms with E-state index in [1.165, 1.54) is 17.8 Å². The summed E-state index contributed by atoms with van der Waals surface area (Å²) in [5.74, 6) is 1.74. The average Bonchev–Trinajstić information content (AvgIpc) is 3.26. The van der Waals surface area contributed by atoms with Gasteiger partial charge in [0.15, 0.2) is 5.96 Å². The molecule has 6 nitrogen and oxygen atoms in total. The molecule has 2 aliphatic heterocycles. The van der Waals surface area contributed by atoms with E-state index in [9.17, 15) is 0 Å². The van der Waals surface area contributed by atoms with Crippen LogP contribution < -0.4 is 5.32 Å². The standard InChI is InChI=1S/C17H29N5OS/c1-3-15-10-19-16(24-15)11-20-17(18-2)22-5-4-14(13-22)12-21-6-8-23-9-7-21/h10,14H,3-9,11-13H2,1-2H3,(H,18,20). The number of guanidine groups is 1. The maximum atomic E-state index is 5.44. The van der Waals surface area contributed by atoms with Crippen molar-refractivity contribution in [2.75, 3.05) is 53.0 Å². The highest BCUT2D eigenvalue weighted by Crippen LogP contribution is 2.19. The molecule has 1 unspecified atom stereocenters. The van der Waals surface area contributed by atoms with Gasteiger partial charge in [-0.05, 0) is 18.8 Å². The van der Waals surface area contributed by atoms with Gasteiger partial charge in [-0.15, -0.1) is 11.3 Å². The summed E-state index contributed by atoms with van der Waals surface area (Å²) in [5.41, 5.74) is 0. The maximum Gasteiger partial charge on any atom is 0.194 e. The van der Waals surface area contributed by atoms with E-state index in [1.54, 1.807) is 11.3 Å². The summed E-state index contributed by atoms with van der Waals surface area (Å²) in [6.45, 7) is 10.2. The van der Waals surface area contributed by atoms with Gasteiger partial charge in [0.25, 0.3) is 0 Å². The highest BCUT2D eigenvalue weighted by atomic mass is 32.1. The molecule has 0 saturated carbocycles. The molecule has 134 valence electrons. The monoisotopic (exact) mass is 351 g/mol. The number of ether oxygens (including phenoxy) is 1. The Morgan fingerprint density at radius 3 is 2.96 bits per heavy atom. The molecule has 2 fully saturated rings.